The molecule has 5 heteroatoms. The molecule has 20 heavy (non-hydrogen) atoms. The first-order valence-electron chi connectivity index (χ1n) is 6.21. The zero-order valence-corrected chi connectivity index (χ0v) is 11.9. The van der Waals surface area contributed by atoms with Crippen LogP contribution in [0.5, 0.6) is 0 Å². The molecule has 0 unspecified atom stereocenters. The van der Waals surface area contributed by atoms with E-state index in [2.05, 4.69) is 5.32 Å². The summed E-state index contributed by atoms with van der Waals surface area (Å²) in [5, 5.41) is 6.22. The van der Waals surface area contributed by atoms with Crippen molar-refractivity contribution in [1.29, 1.82) is 0 Å². The lowest BCUT2D eigenvalue weighted by atomic mass is 10.2. The van der Waals surface area contributed by atoms with Crippen LogP contribution in [0.25, 0.3) is 0 Å². The van der Waals surface area contributed by atoms with Crippen LogP contribution in [0.4, 0.5) is 0 Å². The average molecular weight is 289 g/mol. The zero-order valence-electron chi connectivity index (χ0n) is 11.0. The van der Waals surface area contributed by atoms with Crippen molar-refractivity contribution in [3.05, 3.63) is 58.3 Å². The fourth-order valence-corrected chi connectivity index (χ4v) is 2.22. The Morgan fingerprint density at radius 1 is 1.25 bits per heavy atom. The topological polar surface area (TPSA) is 55.4 Å². The summed E-state index contributed by atoms with van der Waals surface area (Å²) in [5.74, 6) is -0.786. The maximum absolute atomic E-state index is 11.8. The average Bonchev–Trinajstić information content (AvgIpc) is 3.00. The normalized spacial score (nSPS) is 11.7. The molecule has 0 aliphatic rings. The van der Waals surface area contributed by atoms with E-state index in [-0.39, 0.29) is 5.91 Å². The van der Waals surface area contributed by atoms with Gasteiger partial charge in [-0.1, -0.05) is 30.3 Å². The van der Waals surface area contributed by atoms with Gasteiger partial charge in [-0.15, -0.1) is 0 Å². The van der Waals surface area contributed by atoms with Crippen molar-refractivity contribution in [2.75, 3.05) is 0 Å². The number of ether oxygens (including phenoxy) is 1. The molecule has 0 fully saturated rings. The number of benzene rings is 1. The summed E-state index contributed by atoms with van der Waals surface area (Å²) < 4.78 is 5.10. The Morgan fingerprint density at radius 3 is 2.65 bits per heavy atom. The molecule has 1 amide bonds. The van der Waals surface area contributed by atoms with E-state index in [4.69, 9.17) is 4.74 Å². The minimum absolute atomic E-state index is 0.308. The fourth-order valence-electron chi connectivity index (χ4n) is 1.59. The van der Waals surface area contributed by atoms with Gasteiger partial charge in [-0.2, -0.15) is 11.3 Å². The summed E-state index contributed by atoms with van der Waals surface area (Å²) in [6, 6.07) is 11.2. The lowest BCUT2D eigenvalue weighted by Crippen LogP contribution is -2.35. The molecule has 1 aromatic heterocycles. The summed E-state index contributed by atoms with van der Waals surface area (Å²) in [5.41, 5.74) is 1.47. The molecule has 0 radical (unpaired) electrons. The van der Waals surface area contributed by atoms with Gasteiger partial charge in [-0.05, 0) is 23.9 Å². The minimum atomic E-state index is -0.814. The van der Waals surface area contributed by atoms with Crippen molar-refractivity contribution in [1.82, 2.24) is 5.32 Å². The molecule has 0 spiro atoms. The minimum Gasteiger partial charge on any atom is -0.449 e. The highest BCUT2D eigenvalue weighted by atomic mass is 32.1. The predicted octanol–water partition coefficient (Wildman–Crippen LogP) is 2.61. The molecule has 1 aromatic carbocycles. The van der Waals surface area contributed by atoms with Crippen molar-refractivity contribution in [2.45, 2.75) is 19.6 Å². The van der Waals surface area contributed by atoms with Gasteiger partial charge in [-0.25, -0.2) is 4.79 Å². The van der Waals surface area contributed by atoms with E-state index in [0.29, 0.717) is 12.1 Å². The number of esters is 1. The highest BCUT2D eigenvalue weighted by Crippen LogP contribution is 2.09. The Balaban J connectivity index is 1.82. The molecule has 1 atom stereocenters. The second-order valence-corrected chi connectivity index (χ2v) is 5.04. The fraction of sp³-hybridized carbons (Fsp3) is 0.200. The van der Waals surface area contributed by atoms with Gasteiger partial charge < -0.3 is 10.1 Å². The first kappa shape index (κ1) is 14.3. The van der Waals surface area contributed by atoms with Gasteiger partial charge in [0.15, 0.2) is 6.10 Å². The van der Waals surface area contributed by atoms with E-state index in [1.165, 1.54) is 11.3 Å². The highest BCUT2D eigenvalue weighted by Gasteiger charge is 2.18. The van der Waals surface area contributed by atoms with Crippen LogP contribution in [0, 0.1) is 0 Å². The smallest absolute Gasteiger partial charge is 0.339 e. The van der Waals surface area contributed by atoms with Gasteiger partial charge in [0, 0.05) is 11.9 Å². The first-order valence-corrected chi connectivity index (χ1v) is 7.16. The standard InChI is InChI=1S/C15H15NO3S/c1-11(19-15(18)13-7-8-20-10-13)14(17)16-9-12-5-3-2-4-6-12/h2-8,10-11H,9H2,1H3,(H,16,17)/t11-/m1/s1. The van der Waals surface area contributed by atoms with Crippen molar-refractivity contribution in [2.24, 2.45) is 0 Å². The zero-order chi connectivity index (χ0) is 14.4. The maximum Gasteiger partial charge on any atom is 0.339 e. The predicted molar refractivity (Wildman–Crippen MR) is 77.5 cm³/mol. The molecule has 0 aliphatic heterocycles. The summed E-state index contributed by atoms with van der Waals surface area (Å²) in [4.78, 5) is 23.5. The Bertz CT molecular complexity index is 566. The molecule has 0 aliphatic carbocycles. The molecular formula is C15H15NO3S. The van der Waals surface area contributed by atoms with Crippen LogP contribution >= 0.6 is 11.3 Å². The Hall–Kier alpha value is -2.14. The molecule has 104 valence electrons. The van der Waals surface area contributed by atoms with E-state index in [0.717, 1.165) is 5.56 Å². The Morgan fingerprint density at radius 2 is 2.00 bits per heavy atom. The van der Waals surface area contributed by atoms with E-state index >= 15 is 0 Å². The van der Waals surface area contributed by atoms with Gasteiger partial charge in [0.05, 0.1) is 5.56 Å². The number of hydrogen-bond donors (Lipinski definition) is 1. The van der Waals surface area contributed by atoms with Gasteiger partial charge in [0.25, 0.3) is 5.91 Å². The molecule has 0 saturated heterocycles. The number of hydrogen-bond acceptors (Lipinski definition) is 4. The number of carbonyl (C=O) groups excluding carboxylic acids is 2. The number of rotatable bonds is 5. The van der Waals surface area contributed by atoms with E-state index < -0.39 is 12.1 Å². The van der Waals surface area contributed by atoms with Gasteiger partial charge >= 0.3 is 5.97 Å². The maximum atomic E-state index is 11.8. The van der Waals surface area contributed by atoms with Gasteiger partial charge in [-0.3, -0.25) is 4.79 Å². The molecule has 4 nitrogen and oxygen atoms in total. The quantitative estimate of drug-likeness (QED) is 0.861. The molecule has 0 saturated carbocycles. The molecule has 1 N–H and O–H groups in total. The number of carbonyl (C=O) groups is 2. The van der Waals surface area contributed by atoms with Crippen molar-refractivity contribution >= 4 is 23.2 Å². The van der Waals surface area contributed by atoms with Gasteiger partial charge in [0.1, 0.15) is 0 Å². The Kier molecular flexibility index (Phi) is 4.90. The lowest BCUT2D eigenvalue weighted by Gasteiger charge is -2.13. The highest BCUT2D eigenvalue weighted by molar-refractivity contribution is 7.08. The summed E-state index contributed by atoms with van der Waals surface area (Å²) in [6.45, 7) is 1.98. The van der Waals surface area contributed by atoms with Crippen LogP contribution in [0.15, 0.2) is 47.2 Å². The van der Waals surface area contributed by atoms with Crippen LogP contribution in [0.2, 0.25) is 0 Å². The molecule has 2 aromatic rings. The summed E-state index contributed by atoms with van der Waals surface area (Å²) in [6.07, 6.45) is -0.814. The van der Waals surface area contributed by atoms with E-state index in [9.17, 15) is 9.59 Å². The van der Waals surface area contributed by atoms with Crippen molar-refractivity contribution < 1.29 is 14.3 Å². The monoisotopic (exact) mass is 289 g/mol. The van der Waals surface area contributed by atoms with Gasteiger partial charge in [0.2, 0.25) is 0 Å². The largest absolute Gasteiger partial charge is 0.449 e. The molecular weight excluding hydrogens is 274 g/mol. The molecule has 0 bridgehead atoms. The number of thiophene rings is 1. The second kappa shape index (κ2) is 6.86. The van der Waals surface area contributed by atoms with Crippen LogP contribution in [0.3, 0.4) is 0 Å². The van der Waals surface area contributed by atoms with Crippen LogP contribution in [-0.4, -0.2) is 18.0 Å². The van der Waals surface area contributed by atoms with Crippen LogP contribution in [0.1, 0.15) is 22.8 Å². The van der Waals surface area contributed by atoms with Crippen molar-refractivity contribution in [3.63, 3.8) is 0 Å². The number of amides is 1. The number of nitrogens with one attached hydrogen (secondary N) is 1. The molecule has 2 rings (SSSR count). The SMILES string of the molecule is C[C@@H](OC(=O)c1ccsc1)C(=O)NCc1ccccc1. The van der Waals surface area contributed by atoms with Crippen LogP contribution in [-0.2, 0) is 16.1 Å². The summed E-state index contributed by atoms with van der Waals surface area (Å²) in [7, 11) is 0. The van der Waals surface area contributed by atoms with E-state index in [1.54, 1.807) is 23.8 Å². The summed E-state index contributed by atoms with van der Waals surface area (Å²) >= 11 is 1.41. The van der Waals surface area contributed by atoms with Crippen molar-refractivity contribution in [3.8, 4) is 0 Å². The third-order valence-electron chi connectivity index (χ3n) is 2.72. The second-order valence-electron chi connectivity index (χ2n) is 4.26. The third-order valence-corrected chi connectivity index (χ3v) is 3.40. The molecule has 1 heterocycles. The van der Waals surface area contributed by atoms with E-state index in [1.807, 2.05) is 30.3 Å². The lowest BCUT2D eigenvalue weighted by molar-refractivity contribution is -0.129. The Labute approximate surface area is 121 Å². The first-order chi connectivity index (χ1) is 9.66. The third kappa shape index (κ3) is 3.93. The van der Waals surface area contributed by atoms with Crippen LogP contribution < -0.4 is 5.32 Å².